The first kappa shape index (κ1) is 11.4. The molecule has 0 saturated carbocycles. The zero-order valence-electron chi connectivity index (χ0n) is 9.51. The predicted molar refractivity (Wildman–Crippen MR) is 73.9 cm³/mol. The molecule has 1 unspecified atom stereocenters. The highest BCUT2D eigenvalue weighted by Crippen LogP contribution is 2.38. The molecule has 1 atom stereocenters. The van der Waals surface area contributed by atoms with Gasteiger partial charge in [-0.1, -0.05) is 67.6 Å². The molecule has 0 N–H and O–H groups in total. The third kappa shape index (κ3) is 2.51. The number of hydrogen-bond donors (Lipinski definition) is 0. The van der Waals surface area contributed by atoms with Gasteiger partial charge in [0, 0.05) is 0 Å². The van der Waals surface area contributed by atoms with Crippen LogP contribution in [0.15, 0.2) is 60.7 Å². The molecule has 0 amide bonds. The van der Waals surface area contributed by atoms with Crippen LogP contribution in [-0.2, 0) is 0 Å². The minimum Gasteiger partial charge on any atom is -0.0622 e. The van der Waals surface area contributed by atoms with E-state index in [0.29, 0.717) is 5.66 Å². The van der Waals surface area contributed by atoms with Gasteiger partial charge in [-0.15, -0.1) is 0 Å². The lowest BCUT2D eigenvalue weighted by atomic mass is 10.4. The second-order valence-corrected chi connectivity index (χ2v) is 6.54. The second-order valence-electron chi connectivity index (χ2n) is 3.89. The van der Waals surface area contributed by atoms with Gasteiger partial charge in [-0.25, -0.2) is 0 Å². The molecule has 0 saturated heterocycles. The molecule has 81 valence electrons. The van der Waals surface area contributed by atoms with E-state index in [2.05, 4.69) is 74.5 Å². The van der Waals surface area contributed by atoms with Crippen molar-refractivity contribution in [2.24, 2.45) is 0 Å². The van der Waals surface area contributed by atoms with Crippen molar-refractivity contribution in [2.75, 3.05) is 0 Å². The van der Waals surface area contributed by atoms with Gasteiger partial charge in [-0.2, -0.15) is 0 Å². The van der Waals surface area contributed by atoms with Gasteiger partial charge >= 0.3 is 0 Å². The van der Waals surface area contributed by atoms with Crippen molar-refractivity contribution < 1.29 is 0 Å². The van der Waals surface area contributed by atoms with E-state index < -0.39 is 0 Å². The highest BCUT2D eigenvalue weighted by atomic mass is 31.1. The van der Waals surface area contributed by atoms with Crippen LogP contribution in [0.25, 0.3) is 0 Å². The lowest BCUT2D eigenvalue weighted by Gasteiger charge is -2.22. The van der Waals surface area contributed by atoms with Crippen molar-refractivity contribution in [3.05, 3.63) is 67.6 Å². The van der Waals surface area contributed by atoms with Crippen LogP contribution in [0, 0.1) is 6.92 Å². The van der Waals surface area contributed by atoms with E-state index in [4.69, 9.17) is 0 Å². The minimum absolute atomic E-state index is 0.321. The Morgan fingerprint density at radius 1 is 0.812 bits per heavy atom. The Kier molecular flexibility index (Phi) is 3.74. The Hall–Kier alpha value is -1.13. The van der Waals surface area contributed by atoms with E-state index in [0.717, 1.165) is 0 Å². The summed E-state index contributed by atoms with van der Waals surface area (Å²) < 4.78 is 0. The van der Waals surface area contributed by atoms with Crippen LogP contribution in [0.3, 0.4) is 0 Å². The Bertz CT molecular complexity index is 380. The number of benzene rings is 2. The quantitative estimate of drug-likeness (QED) is 0.705. The summed E-state index contributed by atoms with van der Waals surface area (Å²) in [6.07, 6.45) is 0. The topological polar surface area (TPSA) is 0 Å². The van der Waals surface area contributed by atoms with Gasteiger partial charge in [0.1, 0.15) is 0 Å². The van der Waals surface area contributed by atoms with Crippen molar-refractivity contribution in [3.8, 4) is 0 Å². The van der Waals surface area contributed by atoms with Crippen LogP contribution in [0.5, 0.6) is 0 Å². The van der Waals surface area contributed by atoms with Crippen LogP contribution in [-0.4, -0.2) is 5.66 Å². The molecular formula is C15H16P. The molecule has 2 aromatic carbocycles. The van der Waals surface area contributed by atoms with Gasteiger partial charge < -0.3 is 0 Å². The van der Waals surface area contributed by atoms with Crippen LogP contribution in [0.4, 0.5) is 0 Å². The van der Waals surface area contributed by atoms with Crippen LogP contribution < -0.4 is 10.6 Å². The Labute approximate surface area is 99.1 Å². The number of hydrogen-bond acceptors (Lipinski definition) is 0. The molecule has 1 radical (unpaired) electrons. The molecule has 2 aromatic rings. The van der Waals surface area contributed by atoms with E-state index in [1.54, 1.807) is 0 Å². The van der Waals surface area contributed by atoms with E-state index in [-0.39, 0.29) is 7.92 Å². The fourth-order valence-electron chi connectivity index (χ4n) is 1.84. The standard InChI is InChI=1S/C15H16P/c1-13(2)16(14-9-5-3-6-10-14)15-11-7-4-8-12-15/h3-13H,1H2,2H3. The fraction of sp³-hybridized carbons (Fsp3) is 0.133. The van der Waals surface area contributed by atoms with E-state index in [1.807, 2.05) is 0 Å². The van der Waals surface area contributed by atoms with E-state index in [9.17, 15) is 0 Å². The summed E-state index contributed by atoms with van der Waals surface area (Å²) in [7, 11) is -0.321. The Morgan fingerprint density at radius 2 is 1.19 bits per heavy atom. The van der Waals surface area contributed by atoms with Crippen LogP contribution in [0.2, 0.25) is 0 Å². The predicted octanol–water partition coefficient (Wildman–Crippen LogP) is 3.34. The monoisotopic (exact) mass is 227 g/mol. The van der Waals surface area contributed by atoms with Crippen LogP contribution in [0.1, 0.15) is 6.92 Å². The SMILES string of the molecule is [CH2]C(C)P(c1ccccc1)c1ccccc1. The van der Waals surface area contributed by atoms with Crippen molar-refractivity contribution >= 4 is 18.5 Å². The van der Waals surface area contributed by atoms with Gasteiger partial charge in [0.25, 0.3) is 0 Å². The molecule has 0 fully saturated rings. The van der Waals surface area contributed by atoms with Crippen molar-refractivity contribution in [1.29, 1.82) is 0 Å². The van der Waals surface area contributed by atoms with Crippen molar-refractivity contribution in [1.82, 2.24) is 0 Å². The molecule has 2 rings (SSSR count). The molecule has 0 bridgehead atoms. The Morgan fingerprint density at radius 3 is 1.50 bits per heavy atom. The van der Waals surface area contributed by atoms with Crippen LogP contribution >= 0.6 is 7.92 Å². The highest BCUT2D eigenvalue weighted by molar-refractivity contribution is 7.73. The zero-order chi connectivity index (χ0) is 11.4. The smallest absolute Gasteiger partial charge is 0.0157 e. The molecule has 0 aromatic heterocycles. The van der Waals surface area contributed by atoms with E-state index in [1.165, 1.54) is 10.6 Å². The van der Waals surface area contributed by atoms with Crippen molar-refractivity contribution in [2.45, 2.75) is 12.6 Å². The molecule has 0 aliphatic heterocycles. The van der Waals surface area contributed by atoms with Crippen molar-refractivity contribution in [3.63, 3.8) is 0 Å². The normalized spacial score (nSPS) is 11.0. The maximum absolute atomic E-state index is 4.22. The Balaban J connectivity index is 2.40. The molecule has 0 aliphatic carbocycles. The third-order valence-electron chi connectivity index (χ3n) is 2.51. The summed E-state index contributed by atoms with van der Waals surface area (Å²) in [5.41, 5.74) is 0.430. The van der Waals surface area contributed by atoms with E-state index >= 15 is 0 Å². The minimum atomic E-state index is -0.321. The fourth-order valence-corrected chi connectivity index (χ4v) is 4.14. The largest absolute Gasteiger partial charge is 0.0622 e. The molecule has 0 spiro atoms. The van der Waals surface area contributed by atoms with Gasteiger partial charge in [0.05, 0.1) is 0 Å². The molecule has 0 nitrogen and oxygen atoms in total. The van der Waals surface area contributed by atoms with Gasteiger partial charge in [0.15, 0.2) is 0 Å². The van der Waals surface area contributed by atoms with Gasteiger partial charge in [0.2, 0.25) is 0 Å². The molecule has 0 aliphatic rings. The summed E-state index contributed by atoms with van der Waals surface area (Å²) in [4.78, 5) is 0. The molecular weight excluding hydrogens is 211 g/mol. The summed E-state index contributed by atoms with van der Waals surface area (Å²) in [6.45, 7) is 6.42. The first-order valence-corrected chi connectivity index (χ1v) is 6.92. The highest BCUT2D eigenvalue weighted by Gasteiger charge is 2.16. The maximum atomic E-state index is 4.22. The lowest BCUT2D eigenvalue weighted by Crippen LogP contribution is -2.17. The maximum Gasteiger partial charge on any atom is -0.0157 e. The molecule has 16 heavy (non-hydrogen) atoms. The lowest BCUT2D eigenvalue weighted by molar-refractivity contribution is 1.23. The molecule has 0 heterocycles. The average molecular weight is 227 g/mol. The first-order valence-electron chi connectivity index (χ1n) is 5.51. The average Bonchev–Trinajstić information content (AvgIpc) is 2.31. The zero-order valence-corrected chi connectivity index (χ0v) is 10.4. The summed E-state index contributed by atoms with van der Waals surface area (Å²) in [5, 5.41) is 2.82. The summed E-state index contributed by atoms with van der Waals surface area (Å²) in [5.74, 6) is 0. The first-order chi connectivity index (χ1) is 7.79. The third-order valence-corrected chi connectivity index (χ3v) is 5.10. The van der Waals surface area contributed by atoms with Gasteiger partial charge in [-0.3, -0.25) is 0 Å². The molecule has 1 heteroatoms. The summed E-state index contributed by atoms with van der Waals surface area (Å²) >= 11 is 0. The second kappa shape index (κ2) is 5.27. The summed E-state index contributed by atoms with van der Waals surface area (Å²) in [6, 6.07) is 21.4. The van der Waals surface area contributed by atoms with Gasteiger partial charge in [-0.05, 0) is 31.1 Å². The number of rotatable bonds is 3.